The minimum atomic E-state index is 0.972. The molecule has 4 nitrogen and oxygen atoms in total. The van der Waals surface area contributed by atoms with Gasteiger partial charge in [0.05, 0.1) is 0 Å². The summed E-state index contributed by atoms with van der Waals surface area (Å²) in [7, 11) is 0. The lowest BCUT2D eigenvalue weighted by Gasteiger charge is -2.07. The molecule has 0 amide bonds. The summed E-state index contributed by atoms with van der Waals surface area (Å²) in [6, 6.07) is 12.9. The molecule has 0 bridgehead atoms. The van der Waals surface area contributed by atoms with Gasteiger partial charge in [-0.1, -0.05) is 23.8 Å². The van der Waals surface area contributed by atoms with Crippen LogP contribution in [0.4, 0.5) is 0 Å². The third-order valence-electron chi connectivity index (χ3n) is 4.81. The molecule has 5 rings (SSSR count). The average Bonchev–Trinajstić information content (AvgIpc) is 3.29. The molecule has 0 saturated carbocycles. The van der Waals surface area contributed by atoms with E-state index in [0.717, 1.165) is 24.3 Å². The molecule has 0 atom stereocenters. The molecule has 0 N–H and O–H groups in total. The van der Waals surface area contributed by atoms with Crippen molar-refractivity contribution in [3.05, 3.63) is 66.2 Å². The quantitative estimate of drug-likeness (QED) is 0.558. The van der Waals surface area contributed by atoms with Gasteiger partial charge in [0, 0.05) is 47.5 Å². The predicted octanol–water partition coefficient (Wildman–Crippen LogP) is 4.12. The Labute approximate surface area is 140 Å². The van der Waals surface area contributed by atoms with Crippen LogP contribution in [0.1, 0.15) is 17.7 Å². The van der Waals surface area contributed by atoms with Crippen molar-refractivity contribution in [2.75, 3.05) is 0 Å². The van der Waals surface area contributed by atoms with Crippen LogP contribution in [0.3, 0.4) is 0 Å². The van der Waals surface area contributed by atoms with Crippen LogP contribution in [0, 0.1) is 6.92 Å². The third kappa shape index (κ3) is 1.99. The molecule has 1 aromatic carbocycles. The number of rotatable bonds is 2. The zero-order chi connectivity index (χ0) is 16.1. The number of nitrogens with zero attached hydrogens (tertiary/aromatic N) is 4. The average molecular weight is 314 g/mol. The van der Waals surface area contributed by atoms with Gasteiger partial charge >= 0.3 is 0 Å². The highest BCUT2D eigenvalue weighted by Gasteiger charge is 2.24. The van der Waals surface area contributed by atoms with Gasteiger partial charge in [-0.2, -0.15) is 5.10 Å². The Bertz CT molecular complexity index is 1050. The molecule has 0 fully saturated rings. The van der Waals surface area contributed by atoms with Gasteiger partial charge in [0.15, 0.2) is 0 Å². The molecule has 3 aromatic heterocycles. The molecule has 1 aliphatic rings. The Morgan fingerprint density at radius 3 is 2.96 bits per heavy atom. The number of aryl methyl sites for hydroxylation is 2. The number of pyridine rings is 1. The summed E-state index contributed by atoms with van der Waals surface area (Å²) in [4.78, 5) is 4.35. The number of hydrogen-bond acceptors (Lipinski definition) is 2. The number of fused-ring (bicyclic) bond motifs is 2. The fourth-order valence-corrected chi connectivity index (χ4v) is 3.70. The number of benzene rings is 1. The minimum absolute atomic E-state index is 0.972. The van der Waals surface area contributed by atoms with Crippen molar-refractivity contribution in [3.63, 3.8) is 0 Å². The smallest absolute Gasteiger partial charge is 0.136 e. The maximum atomic E-state index is 4.94. The van der Waals surface area contributed by atoms with Crippen molar-refractivity contribution < 1.29 is 0 Å². The number of hydrogen-bond donors (Lipinski definition) is 0. The van der Waals surface area contributed by atoms with Crippen molar-refractivity contribution >= 4 is 5.65 Å². The Morgan fingerprint density at radius 1 is 1.08 bits per heavy atom. The van der Waals surface area contributed by atoms with Gasteiger partial charge in [0.1, 0.15) is 11.3 Å². The van der Waals surface area contributed by atoms with Gasteiger partial charge in [-0.3, -0.25) is 4.68 Å². The molecule has 0 radical (unpaired) electrons. The fourth-order valence-electron chi connectivity index (χ4n) is 3.70. The van der Waals surface area contributed by atoms with E-state index in [9.17, 15) is 0 Å². The minimum Gasteiger partial charge on any atom is -0.306 e. The van der Waals surface area contributed by atoms with Gasteiger partial charge in [-0.05, 0) is 38.0 Å². The molecule has 0 unspecified atom stereocenters. The van der Waals surface area contributed by atoms with Crippen LogP contribution < -0.4 is 0 Å². The van der Waals surface area contributed by atoms with Crippen LogP contribution in [0.15, 0.2) is 55.0 Å². The lowest BCUT2D eigenvalue weighted by molar-refractivity contribution is 0.659. The highest BCUT2D eigenvalue weighted by Crippen LogP contribution is 2.37. The van der Waals surface area contributed by atoms with E-state index in [1.165, 1.54) is 34.4 Å². The second kappa shape index (κ2) is 5.06. The van der Waals surface area contributed by atoms with Crippen LogP contribution in [-0.2, 0) is 13.0 Å². The van der Waals surface area contributed by atoms with Gasteiger partial charge in [0.2, 0.25) is 0 Å². The zero-order valence-electron chi connectivity index (χ0n) is 13.6. The first kappa shape index (κ1) is 13.5. The SMILES string of the molecule is Cc1cccc(-c2nn3c(c2-c2ccc4nccn4c2)CCC3)c1. The van der Waals surface area contributed by atoms with E-state index in [1.54, 1.807) is 0 Å². The van der Waals surface area contributed by atoms with E-state index in [4.69, 9.17) is 5.10 Å². The van der Waals surface area contributed by atoms with E-state index in [-0.39, 0.29) is 0 Å². The van der Waals surface area contributed by atoms with E-state index >= 15 is 0 Å². The second-order valence-corrected chi connectivity index (χ2v) is 6.48. The third-order valence-corrected chi connectivity index (χ3v) is 4.81. The van der Waals surface area contributed by atoms with Gasteiger partial charge < -0.3 is 4.40 Å². The van der Waals surface area contributed by atoms with Gasteiger partial charge in [-0.25, -0.2) is 4.98 Å². The lowest BCUT2D eigenvalue weighted by atomic mass is 9.98. The summed E-state index contributed by atoms with van der Waals surface area (Å²) >= 11 is 0. The molecule has 4 heterocycles. The van der Waals surface area contributed by atoms with Crippen molar-refractivity contribution in [1.82, 2.24) is 19.2 Å². The molecule has 4 heteroatoms. The van der Waals surface area contributed by atoms with E-state index in [1.807, 2.05) is 12.4 Å². The van der Waals surface area contributed by atoms with Crippen LogP contribution in [-0.4, -0.2) is 19.2 Å². The zero-order valence-corrected chi connectivity index (χ0v) is 13.6. The summed E-state index contributed by atoms with van der Waals surface area (Å²) in [5.41, 5.74) is 8.35. The summed E-state index contributed by atoms with van der Waals surface area (Å²) in [5.74, 6) is 0. The van der Waals surface area contributed by atoms with Crippen LogP contribution >= 0.6 is 0 Å². The molecule has 0 spiro atoms. The Kier molecular flexibility index (Phi) is 2.86. The number of imidazole rings is 1. The summed E-state index contributed by atoms with van der Waals surface area (Å²) in [5, 5.41) is 4.94. The normalized spacial score (nSPS) is 13.5. The standard InChI is InChI=1S/C20H18N4/c1-14-4-2-5-15(12-14)20-19(17-6-3-10-24(17)22-20)16-7-8-18-21-9-11-23(18)13-16/h2,4-5,7-9,11-13H,3,6,10H2,1H3. The highest BCUT2D eigenvalue weighted by atomic mass is 15.3. The first-order valence-corrected chi connectivity index (χ1v) is 8.39. The van der Waals surface area contributed by atoms with E-state index < -0.39 is 0 Å². The summed E-state index contributed by atoms with van der Waals surface area (Å²) in [6.07, 6.45) is 8.27. The van der Waals surface area contributed by atoms with Gasteiger partial charge in [0.25, 0.3) is 0 Å². The summed E-state index contributed by atoms with van der Waals surface area (Å²) < 4.78 is 4.26. The molecular weight excluding hydrogens is 296 g/mol. The largest absolute Gasteiger partial charge is 0.306 e. The first-order valence-electron chi connectivity index (χ1n) is 8.39. The molecule has 4 aromatic rings. The second-order valence-electron chi connectivity index (χ2n) is 6.48. The lowest BCUT2D eigenvalue weighted by Crippen LogP contribution is -1.94. The molecule has 0 aliphatic carbocycles. The van der Waals surface area contributed by atoms with Crippen molar-refractivity contribution in [2.45, 2.75) is 26.3 Å². The van der Waals surface area contributed by atoms with Crippen molar-refractivity contribution in [1.29, 1.82) is 0 Å². The Balaban J connectivity index is 1.77. The van der Waals surface area contributed by atoms with E-state index in [2.05, 4.69) is 63.6 Å². The van der Waals surface area contributed by atoms with Crippen LogP contribution in [0.5, 0.6) is 0 Å². The maximum absolute atomic E-state index is 4.94. The molecule has 0 saturated heterocycles. The Morgan fingerprint density at radius 2 is 2.04 bits per heavy atom. The van der Waals surface area contributed by atoms with Crippen LogP contribution in [0.25, 0.3) is 28.0 Å². The molecule has 118 valence electrons. The monoisotopic (exact) mass is 314 g/mol. The number of aromatic nitrogens is 4. The summed E-state index contributed by atoms with van der Waals surface area (Å²) in [6.45, 7) is 3.14. The molecule has 24 heavy (non-hydrogen) atoms. The molecular formula is C20H18N4. The Hall–Kier alpha value is -2.88. The van der Waals surface area contributed by atoms with Crippen molar-refractivity contribution in [3.8, 4) is 22.4 Å². The highest BCUT2D eigenvalue weighted by molar-refractivity contribution is 5.83. The fraction of sp³-hybridized carbons (Fsp3) is 0.200. The molecule has 1 aliphatic heterocycles. The van der Waals surface area contributed by atoms with Gasteiger partial charge in [-0.15, -0.1) is 0 Å². The van der Waals surface area contributed by atoms with E-state index in [0.29, 0.717) is 0 Å². The van der Waals surface area contributed by atoms with Crippen molar-refractivity contribution in [2.24, 2.45) is 0 Å². The topological polar surface area (TPSA) is 35.1 Å². The first-order chi connectivity index (χ1) is 11.8. The maximum Gasteiger partial charge on any atom is 0.136 e. The predicted molar refractivity (Wildman–Crippen MR) is 94.9 cm³/mol. The van der Waals surface area contributed by atoms with Crippen LogP contribution in [0.2, 0.25) is 0 Å².